The number of nitrogens with one attached hydrogen (secondary N) is 1. The van der Waals surface area contributed by atoms with Crippen LogP contribution in [0.15, 0.2) is 24.3 Å². The fraction of sp³-hybridized carbons (Fsp3) is 0.500. The second kappa shape index (κ2) is 7.41. The molecule has 0 saturated carbocycles. The van der Waals surface area contributed by atoms with E-state index in [1.807, 2.05) is 0 Å². The number of aryl methyl sites for hydroxylation is 2. The average Bonchev–Trinajstić information content (AvgIpc) is 2.85. The number of para-hydroxylation sites is 1. The van der Waals surface area contributed by atoms with E-state index in [4.69, 9.17) is 5.10 Å². The van der Waals surface area contributed by atoms with Gasteiger partial charge in [0.15, 0.2) is 0 Å². The zero-order chi connectivity index (χ0) is 15.2. The number of hydrogen-bond donors (Lipinski definition) is 1. The molecule has 0 aliphatic rings. The van der Waals surface area contributed by atoms with Crippen LogP contribution in [0.5, 0.6) is 0 Å². The average molecular weight is 285 g/mol. The van der Waals surface area contributed by atoms with E-state index in [-0.39, 0.29) is 0 Å². The molecule has 2 aromatic rings. The van der Waals surface area contributed by atoms with E-state index in [0.717, 1.165) is 32.4 Å². The second-order valence-electron chi connectivity index (χ2n) is 5.38. The van der Waals surface area contributed by atoms with Crippen molar-refractivity contribution < 1.29 is 0 Å². The van der Waals surface area contributed by atoms with E-state index in [1.165, 1.54) is 28.2 Å². The van der Waals surface area contributed by atoms with Crippen molar-refractivity contribution in [3.05, 3.63) is 46.8 Å². The van der Waals surface area contributed by atoms with Crippen molar-refractivity contribution in [2.75, 3.05) is 13.1 Å². The highest BCUT2D eigenvalue weighted by Gasteiger charge is 2.16. The highest BCUT2D eigenvalue weighted by molar-refractivity contribution is 5.43. The van der Waals surface area contributed by atoms with Crippen LogP contribution < -0.4 is 5.32 Å². The first-order valence-electron chi connectivity index (χ1n) is 8.09. The maximum absolute atomic E-state index is 4.90. The van der Waals surface area contributed by atoms with Gasteiger partial charge >= 0.3 is 0 Å². The van der Waals surface area contributed by atoms with Crippen LogP contribution >= 0.6 is 0 Å². The SMILES string of the molecule is CCNCCc1c(CC)nn(-c2ccccc2C)c1CC. The summed E-state index contributed by atoms with van der Waals surface area (Å²) in [6.45, 7) is 10.8. The largest absolute Gasteiger partial charge is 0.317 e. The van der Waals surface area contributed by atoms with Gasteiger partial charge in [0.1, 0.15) is 0 Å². The van der Waals surface area contributed by atoms with Gasteiger partial charge in [0.25, 0.3) is 0 Å². The molecule has 1 N–H and O–H groups in total. The third-order valence-electron chi connectivity index (χ3n) is 3.99. The Hall–Kier alpha value is -1.61. The van der Waals surface area contributed by atoms with Crippen LogP contribution in [-0.2, 0) is 19.3 Å². The van der Waals surface area contributed by atoms with Gasteiger partial charge in [-0.25, -0.2) is 4.68 Å². The van der Waals surface area contributed by atoms with Gasteiger partial charge in [-0.1, -0.05) is 39.0 Å². The minimum absolute atomic E-state index is 0.993. The Labute approximate surface area is 128 Å². The van der Waals surface area contributed by atoms with Crippen molar-refractivity contribution in [1.82, 2.24) is 15.1 Å². The molecule has 0 atom stereocenters. The molecule has 1 heterocycles. The zero-order valence-electron chi connectivity index (χ0n) is 13.7. The number of aromatic nitrogens is 2. The predicted molar refractivity (Wildman–Crippen MR) is 89.3 cm³/mol. The molecule has 0 spiro atoms. The molecule has 0 unspecified atom stereocenters. The van der Waals surface area contributed by atoms with E-state index >= 15 is 0 Å². The lowest BCUT2D eigenvalue weighted by atomic mass is 10.1. The normalized spacial score (nSPS) is 11.0. The molecule has 0 saturated heterocycles. The van der Waals surface area contributed by atoms with Crippen LogP contribution in [0.1, 0.15) is 43.3 Å². The first kappa shape index (κ1) is 15.8. The van der Waals surface area contributed by atoms with Crippen molar-refractivity contribution >= 4 is 0 Å². The van der Waals surface area contributed by atoms with Gasteiger partial charge < -0.3 is 5.32 Å². The minimum atomic E-state index is 0.993. The molecule has 0 aliphatic heterocycles. The molecular weight excluding hydrogens is 258 g/mol. The van der Waals surface area contributed by atoms with Gasteiger partial charge in [-0.2, -0.15) is 5.10 Å². The first-order valence-corrected chi connectivity index (χ1v) is 8.09. The summed E-state index contributed by atoms with van der Waals surface area (Å²) in [5.74, 6) is 0. The summed E-state index contributed by atoms with van der Waals surface area (Å²) < 4.78 is 2.16. The standard InChI is InChI=1S/C18H27N3/c1-5-16-15(12-13-19-7-3)17(6-2)21(20-16)18-11-9-8-10-14(18)4/h8-11,19H,5-7,12-13H2,1-4H3. The van der Waals surface area contributed by atoms with E-state index in [2.05, 4.69) is 62.0 Å². The van der Waals surface area contributed by atoms with Crippen LogP contribution in [0.2, 0.25) is 0 Å². The molecule has 0 amide bonds. The maximum atomic E-state index is 4.90. The highest BCUT2D eigenvalue weighted by Crippen LogP contribution is 2.22. The van der Waals surface area contributed by atoms with Gasteiger partial charge in [-0.3, -0.25) is 0 Å². The molecule has 0 fully saturated rings. The Kier molecular flexibility index (Phi) is 5.57. The van der Waals surface area contributed by atoms with Crippen LogP contribution in [0, 0.1) is 6.92 Å². The Bertz CT molecular complexity index is 584. The van der Waals surface area contributed by atoms with Gasteiger partial charge in [0, 0.05) is 5.69 Å². The van der Waals surface area contributed by atoms with Gasteiger partial charge in [0.05, 0.1) is 11.4 Å². The molecular formula is C18H27N3. The first-order chi connectivity index (χ1) is 10.2. The molecule has 3 nitrogen and oxygen atoms in total. The highest BCUT2D eigenvalue weighted by atomic mass is 15.3. The molecule has 3 heteroatoms. The van der Waals surface area contributed by atoms with Crippen molar-refractivity contribution in [2.24, 2.45) is 0 Å². The molecule has 1 aromatic carbocycles. The summed E-state index contributed by atoms with van der Waals surface area (Å²) in [7, 11) is 0. The fourth-order valence-electron chi connectivity index (χ4n) is 2.86. The molecule has 2 rings (SSSR count). The quantitative estimate of drug-likeness (QED) is 0.790. The molecule has 0 bridgehead atoms. The number of rotatable bonds is 7. The summed E-state index contributed by atoms with van der Waals surface area (Å²) in [5.41, 5.74) is 6.52. The predicted octanol–water partition coefficient (Wildman–Crippen LogP) is 3.46. The third-order valence-corrected chi connectivity index (χ3v) is 3.99. The Balaban J connectivity index is 2.45. The number of hydrogen-bond acceptors (Lipinski definition) is 2. The zero-order valence-corrected chi connectivity index (χ0v) is 13.7. The van der Waals surface area contributed by atoms with Crippen molar-refractivity contribution in [3.63, 3.8) is 0 Å². The lowest BCUT2D eigenvalue weighted by Crippen LogP contribution is -2.17. The lowest BCUT2D eigenvalue weighted by molar-refractivity contribution is 0.709. The van der Waals surface area contributed by atoms with Gasteiger partial charge in [-0.15, -0.1) is 0 Å². The van der Waals surface area contributed by atoms with Crippen LogP contribution in [-0.4, -0.2) is 22.9 Å². The van der Waals surface area contributed by atoms with Crippen molar-refractivity contribution in [3.8, 4) is 5.69 Å². The smallest absolute Gasteiger partial charge is 0.0678 e. The van der Waals surface area contributed by atoms with E-state index < -0.39 is 0 Å². The molecule has 0 aliphatic carbocycles. The Morgan fingerprint density at radius 2 is 1.86 bits per heavy atom. The molecule has 114 valence electrons. The number of nitrogens with zero attached hydrogens (tertiary/aromatic N) is 2. The van der Waals surface area contributed by atoms with Crippen molar-refractivity contribution in [2.45, 2.75) is 47.0 Å². The van der Waals surface area contributed by atoms with Crippen LogP contribution in [0.25, 0.3) is 5.69 Å². The summed E-state index contributed by atoms with van der Waals surface area (Å²) in [5, 5.41) is 8.32. The van der Waals surface area contributed by atoms with E-state index in [1.54, 1.807) is 0 Å². The minimum Gasteiger partial charge on any atom is -0.317 e. The van der Waals surface area contributed by atoms with E-state index in [0.29, 0.717) is 0 Å². The van der Waals surface area contributed by atoms with E-state index in [9.17, 15) is 0 Å². The van der Waals surface area contributed by atoms with Crippen LogP contribution in [0.4, 0.5) is 0 Å². The second-order valence-corrected chi connectivity index (χ2v) is 5.38. The monoisotopic (exact) mass is 285 g/mol. The summed E-state index contributed by atoms with van der Waals surface area (Å²) >= 11 is 0. The molecule has 1 aromatic heterocycles. The molecule has 0 radical (unpaired) electrons. The topological polar surface area (TPSA) is 29.9 Å². The Morgan fingerprint density at radius 3 is 2.48 bits per heavy atom. The summed E-state index contributed by atoms with van der Waals surface area (Å²) in [6, 6.07) is 8.49. The van der Waals surface area contributed by atoms with Gasteiger partial charge in [0.2, 0.25) is 0 Å². The number of likely N-dealkylation sites (N-methyl/N-ethyl adjacent to an activating group) is 1. The van der Waals surface area contributed by atoms with Crippen molar-refractivity contribution in [1.29, 1.82) is 0 Å². The maximum Gasteiger partial charge on any atom is 0.0678 e. The lowest BCUT2D eigenvalue weighted by Gasteiger charge is -2.10. The fourth-order valence-corrected chi connectivity index (χ4v) is 2.86. The summed E-state index contributed by atoms with van der Waals surface area (Å²) in [6.07, 6.45) is 3.07. The molecule has 21 heavy (non-hydrogen) atoms. The third kappa shape index (κ3) is 3.35. The van der Waals surface area contributed by atoms with Gasteiger partial charge in [-0.05, 0) is 56.5 Å². The summed E-state index contributed by atoms with van der Waals surface area (Å²) in [4.78, 5) is 0. The van der Waals surface area contributed by atoms with Crippen LogP contribution in [0.3, 0.4) is 0 Å². The Morgan fingerprint density at radius 1 is 1.10 bits per heavy atom. The number of benzene rings is 1.